The molecule has 1 aliphatic heterocycles. The minimum Gasteiger partial charge on any atom is -0.446 e. The number of likely N-dealkylation sites (tertiary alicyclic amines) is 1. The van der Waals surface area contributed by atoms with Crippen molar-refractivity contribution < 1.29 is 14.3 Å². The maximum Gasteiger partial charge on any atom is 0.411 e. The third-order valence-corrected chi connectivity index (χ3v) is 4.84. The Morgan fingerprint density at radius 2 is 1.70 bits per heavy atom. The average molecular weight is 366 g/mol. The molecule has 0 radical (unpaired) electrons. The Bertz CT molecular complexity index is 768. The lowest BCUT2D eigenvalue weighted by molar-refractivity contribution is -0.117. The first-order valence-corrected chi connectivity index (χ1v) is 9.45. The van der Waals surface area contributed by atoms with Crippen LogP contribution in [0.15, 0.2) is 54.6 Å². The van der Waals surface area contributed by atoms with Crippen LogP contribution in [0, 0.1) is 0 Å². The van der Waals surface area contributed by atoms with Crippen molar-refractivity contribution in [3.63, 3.8) is 0 Å². The quantitative estimate of drug-likeness (QED) is 0.826. The fraction of sp³-hybridized carbons (Fsp3) is 0.364. The lowest BCUT2D eigenvalue weighted by atomic mass is 10.0. The van der Waals surface area contributed by atoms with Crippen LogP contribution in [0.4, 0.5) is 10.5 Å². The molecule has 142 valence electrons. The molecule has 5 nitrogen and oxygen atoms in total. The lowest BCUT2D eigenvalue weighted by Gasteiger charge is -2.31. The first-order valence-electron chi connectivity index (χ1n) is 9.45. The largest absolute Gasteiger partial charge is 0.446 e. The number of nitrogens with zero attached hydrogens (tertiary/aromatic N) is 1. The van der Waals surface area contributed by atoms with Gasteiger partial charge in [-0.3, -0.25) is 10.1 Å². The van der Waals surface area contributed by atoms with Crippen molar-refractivity contribution in [2.24, 2.45) is 0 Å². The Labute approximate surface area is 160 Å². The normalized spacial score (nSPS) is 15.3. The SMILES string of the molecule is CC(=O)CCN1CCC(OC(=O)Nc2ccccc2-c2ccccc2)CC1. The highest BCUT2D eigenvalue weighted by molar-refractivity contribution is 5.91. The molecule has 1 N–H and O–H groups in total. The number of anilines is 1. The molecule has 0 aromatic heterocycles. The molecule has 1 aliphatic rings. The van der Waals surface area contributed by atoms with Gasteiger partial charge in [0.05, 0.1) is 5.69 Å². The number of hydrogen-bond donors (Lipinski definition) is 1. The summed E-state index contributed by atoms with van der Waals surface area (Å²) in [5.74, 6) is 0.213. The lowest BCUT2D eigenvalue weighted by Crippen LogP contribution is -2.39. The molecule has 5 heteroatoms. The first-order chi connectivity index (χ1) is 13.1. The van der Waals surface area contributed by atoms with E-state index in [2.05, 4.69) is 10.2 Å². The number of piperidine rings is 1. The summed E-state index contributed by atoms with van der Waals surface area (Å²) in [6.45, 7) is 4.11. The number of benzene rings is 2. The monoisotopic (exact) mass is 366 g/mol. The fourth-order valence-electron chi connectivity index (χ4n) is 3.32. The summed E-state index contributed by atoms with van der Waals surface area (Å²) in [7, 11) is 0. The predicted octanol–water partition coefficient (Wildman–Crippen LogP) is 4.35. The Morgan fingerprint density at radius 3 is 2.41 bits per heavy atom. The molecule has 0 atom stereocenters. The summed E-state index contributed by atoms with van der Waals surface area (Å²) >= 11 is 0. The Kier molecular flexibility index (Phi) is 6.60. The Morgan fingerprint density at radius 1 is 1.04 bits per heavy atom. The first kappa shape index (κ1) is 19.1. The van der Waals surface area contributed by atoms with Crippen LogP contribution < -0.4 is 5.32 Å². The van der Waals surface area contributed by atoms with Crippen LogP contribution in [0.25, 0.3) is 11.1 Å². The number of carbonyl (C=O) groups is 2. The molecular weight excluding hydrogens is 340 g/mol. The van der Waals surface area contributed by atoms with E-state index < -0.39 is 6.09 Å². The number of carbonyl (C=O) groups excluding carboxylic acids is 2. The highest BCUT2D eigenvalue weighted by Crippen LogP contribution is 2.28. The summed E-state index contributed by atoms with van der Waals surface area (Å²) in [4.78, 5) is 25.7. The summed E-state index contributed by atoms with van der Waals surface area (Å²) in [5.41, 5.74) is 2.76. The molecule has 2 aromatic carbocycles. The van der Waals surface area contributed by atoms with Crippen LogP contribution in [-0.4, -0.2) is 42.5 Å². The molecule has 0 spiro atoms. The molecule has 2 aromatic rings. The molecule has 1 saturated heterocycles. The van der Waals surface area contributed by atoms with E-state index in [1.165, 1.54) is 0 Å². The van der Waals surface area contributed by atoms with Gasteiger partial charge in [0.2, 0.25) is 0 Å². The van der Waals surface area contributed by atoms with Gasteiger partial charge in [-0.15, -0.1) is 0 Å². The number of ether oxygens (including phenoxy) is 1. The predicted molar refractivity (Wildman–Crippen MR) is 107 cm³/mol. The van der Waals surface area contributed by atoms with Crippen LogP contribution in [0.1, 0.15) is 26.2 Å². The summed E-state index contributed by atoms with van der Waals surface area (Å²) < 4.78 is 5.62. The molecule has 0 bridgehead atoms. The van der Waals surface area contributed by atoms with Gasteiger partial charge in [-0.05, 0) is 31.4 Å². The molecule has 1 heterocycles. The average Bonchev–Trinajstić information content (AvgIpc) is 2.68. The molecular formula is C22H26N2O3. The van der Waals surface area contributed by atoms with Crippen molar-refractivity contribution in [3.05, 3.63) is 54.6 Å². The van der Waals surface area contributed by atoms with E-state index in [4.69, 9.17) is 4.74 Å². The van der Waals surface area contributed by atoms with Crippen molar-refractivity contribution >= 4 is 17.6 Å². The molecule has 0 aliphatic carbocycles. The minimum atomic E-state index is -0.416. The number of nitrogens with one attached hydrogen (secondary N) is 1. The smallest absolute Gasteiger partial charge is 0.411 e. The topological polar surface area (TPSA) is 58.6 Å². The van der Waals surface area contributed by atoms with Crippen molar-refractivity contribution in [1.29, 1.82) is 0 Å². The van der Waals surface area contributed by atoms with Crippen molar-refractivity contribution in [3.8, 4) is 11.1 Å². The van der Waals surface area contributed by atoms with E-state index in [0.717, 1.165) is 49.3 Å². The number of rotatable bonds is 6. The summed E-state index contributed by atoms with van der Waals surface area (Å²) in [5, 5.41) is 2.89. The zero-order valence-electron chi connectivity index (χ0n) is 15.7. The fourth-order valence-corrected chi connectivity index (χ4v) is 3.32. The number of hydrogen-bond acceptors (Lipinski definition) is 4. The highest BCUT2D eigenvalue weighted by Gasteiger charge is 2.22. The van der Waals surface area contributed by atoms with Gasteiger partial charge in [0.1, 0.15) is 11.9 Å². The van der Waals surface area contributed by atoms with Gasteiger partial charge in [0.15, 0.2) is 0 Å². The molecule has 27 heavy (non-hydrogen) atoms. The van der Waals surface area contributed by atoms with E-state index in [9.17, 15) is 9.59 Å². The highest BCUT2D eigenvalue weighted by atomic mass is 16.6. The number of ketones is 1. The molecule has 1 amide bonds. The Balaban J connectivity index is 1.53. The van der Waals surface area contributed by atoms with E-state index in [1.807, 2.05) is 54.6 Å². The second kappa shape index (κ2) is 9.33. The summed E-state index contributed by atoms with van der Waals surface area (Å²) in [6.07, 6.45) is 1.68. The second-order valence-corrected chi connectivity index (χ2v) is 6.93. The maximum atomic E-state index is 12.4. The number of Topliss-reactive ketones (excluding diaryl/α,β-unsaturated/α-hetero) is 1. The van der Waals surface area contributed by atoms with E-state index >= 15 is 0 Å². The van der Waals surface area contributed by atoms with Crippen LogP contribution in [0.2, 0.25) is 0 Å². The van der Waals surface area contributed by atoms with Crippen LogP contribution in [-0.2, 0) is 9.53 Å². The molecule has 1 fully saturated rings. The second-order valence-electron chi connectivity index (χ2n) is 6.93. The van der Waals surface area contributed by atoms with Gasteiger partial charge in [-0.2, -0.15) is 0 Å². The number of amides is 1. The van der Waals surface area contributed by atoms with Gasteiger partial charge >= 0.3 is 6.09 Å². The standard InChI is InChI=1S/C22H26N2O3/c1-17(25)11-14-24-15-12-19(13-16-24)27-22(26)23-21-10-6-5-9-20(21)18-7-3-2-4-8-18/h2-10,19H,11-16H2,1H3,(H,23,26). The zero-order valence-corrected chi connectivity index (χ0v) is 15.7. The van der Waals surface area contributed by atoms with E-state index in [0.29, 0.717) is 6.42 Å². The van der Waals surface area contributed by atoms with Crippen molar-refractivity contribution in [2.45, 2.75) is 32.3 Å². The van der Waals surface area contributed by atoms with Crippen molar-refractivity contribution in [2.75, 3.05) is 25.0 Å². The number of para-hydroxylation sites is 1. The minimum absolute atomic E-state index is 0.0811. The zero-order chi connectivity index (χ0) is 19.1. The van der Waals surface area contributed by atoms with Crippen LogP contribution in [0.3, 0.4) is 0 Å². The van der Waals surface area contributed by atoms with E-state index in [1.54, 1.807) is 6.92 Å². The van der Waals surface area contributed by atoms with Gasteiger partial charge in [0, 0.05) is 31.6 Å². The van der Waals surface area contributed by atoms with Crippen molar-refractivity contribution in [1.82, 2.24) is 4.90 Å². The Hall–Kier alpha value is -2.66. The van der Waals surface area contributed by atoms with Gasteiger partial charge in [0.25, 0.3) is 0 Å². The third-order valence-electron chi connectivity index (χ3n) is 4.84. The van der Waals surface area contributed by atoms with Crippen LogP contribution >= 0.6 is 0 Å². The third kappa shape index (κ3) is 5.66. The summed E-state index contributed by atoms with van der Waals surface area (Å²) in [6, 6.07) is 17.7. The van der Waals surface area contributed by atoms with Gasteiger partial charge in [-0.25, -0.2) is 4.79 Å². The molecule has 0 saturated carbocycles. The van der Waals surface area contributed by atoms with Gasteiger partial charge in [-0.1, -0.05) is 48.5 Å². The molecule has 0 unspecified atom stereocenters. The van der Waals surface area contributed by atoms with Crippen LogP contribution in [0.5, 0.6) is 0 Å². The van der Waals surface area contributed by atoms with E-state index in [-0.39, 0.29) is 11.9 Å². The maximum absolute atomic E-state index is 12.4. The van der Waals surface area contributed by atoms with Gasteiger partial charge < -0.3 is 9.64 Å². The molecule has 3 rings (SSSR count).